The van der Waals surface area contributed by atoms with Gasteiger partial charge in [0.2, 0.25) is 0 Å². The smallest absolute Gasteiger partial charge is 0.403 e. The maximum atomic E-state index is 12.3. The van der Waals surface area contributed by atoms with Gasteiger partial charge < -0.3 is 10.0 Å². The fourth-order valence-corrected chi connectivity index (χ4v) is 1.20. The van der Waals surface area contributed by atoms with E-state index in [1.54, 1.807) is 0 Å². The number of alkyl halides is 3. The molecule has 6 heteroatoms. The fourth-order valence-electron chi connectivity index (χ4n) is 1.20. The SMILES string of the molecule is CC(C)CCN(C)CC(C(=O)O)C(F)(F)F. The second-order valence-corrected chi connectivity index (χ2v) is 4.38. The molecule has 0 fully saturated rings. The maximum absolute atomic E-state index is 12.3. The summed E-state index contributed by atoms with van der Waals surface area (Å²) in [6, 6.07) is 0. The first-order chi connectivity index (χ1) is 7.14. The molecule has 0 bridgehead atoms. The van der Waals surface area contributed by atoms with Crippen LogP contribution in [-0.2, 0) is 4.79 Å². The van der Waals surface area contributed by atoms with Gasteiger partial charge in [-0.2, -0.15) is 13.2 Å². The Balaban J connectivity index is 4.25. The number of aliphatic carboxylic acids is 1. The van der Waals surface area contributed by atoms with Gasteiger partial charge in [0.15, 0.2) is 5.92 Å². The summed E-state index contributed by atoms with van der Waals surface area (Å²) >= 11 is 0. The minimum atomic E-state index is -4.68. The average Bonchev–Trinajstić information content (AvgIpc) is 2.08. The molecule has 0 aromatic heterocycles. The zero-order valence-electron chi connectivity index (χ0n) is 9.71. The zero-order chi connectivity index (χ0) is 12.9. The van der Waals surface area contributed by atoms with E-state index in [-0.39, 0.29) is 0 Å². The van der Waals surface area contributed by atoms with Crippen LogP contribution >= 0.6 is 0 Å². The van der Waals surface area contributed by atoms with Crippen LogP contribution in [0.15, 0.2) is 0 Å². The molecule has 1 atom stereocenters. The molecule has 0 radical (unpaired) electrons. The number of nitrogens with zero attached hydrogens (tertiary/aromatic N) is 1. The molecule has 16 heavy (non-hydrogen) atoms. The Kier molecular flexibility index (Phi) is 5.78. The number of halogens is 3. The van der Waals surface area contributed by atoms with Crippen LogP contribution in [0.25, 0.3) is 0 Å². The Morgan fingerprint density at radius 2 is 1.88 bits per heavy atom. The molecular weight excluding hydrogens is 223 g/mol. The second kappa shape index (κ2) is 6.08. The van der Waals surface area contributed by atoms with Crippen molar-refractivity contribution < 1.29 is 23.1 Å². The Hall–Kier alpha value is -0.780. The van der Waals surface area contributed by atoms with Crippen molar-refractivity contribution in [2.24, 2.45) is 11.8 Å². The van der Waals surface area contributed by atoms with Crippen LogP contribution in [0.1, 0.15) is 20.3 Å². The average molecular weight is 241 g/mol. The molecule has 0 aliphatic heterocycles. The molecule has 0 saturated heterocycles. The predicted molar refractivity (Wildman–Crippen MR) is 54.1 cm³/mol. The Morgan fingerprint density at radius 3 is 2.19 bits per heavy atom. The van der Waals surface area contributed by atoms with Crippen LogP contribution in [0.4, 0.5) is 13.2 Å². The van der Waals surface area contributed by atoms with Crippen LogP contribution in [0.5, 0.6) is 0 Å². The monoisotopic (exact) mass is 241 g/mol. The van der Waals surface area contributed by atoms with E-state index in [1.165, 1.54) is 11.9 Å². The van der Waals surface area contributed by atoms with Crippen LogP contribution < -0.4 is 0 Å². The summed E-state index contributed by atoms with van der Waals surface area (Å²) in [4.78, 5) is 11.9. The largest absolute Gasteiger partial charge is 0.481 e. The van der Waals surface area contributed by atoms with Gasteiger partial charge in [-0.3, -0.25) is 4.79 Å². The summed E-state index contributed by atoms with van der Waals surface area (Å²) in [7, 11) is 1.50. The van der Waals surface area contributed by atoms with Gasteiger partial charge in [-0.25, -0.2) is 0 Å². The number of carboxylic acids is 1. The van der Waals surface area contributed by atoms with Crippen LogP contribution in [-0.4, -0.2) is 42.3 Å². The van der Waals surface area contributed by atoms with Gasteiger partial charge >= 0.3 is 12.1 Å². The van der Waals surface area contributed by atoms with Crippen molar-refractivity contribution in [3.8, 4) is 0 Å². The van der Waals surface area contributed by atoms with E-state index in [2.05, 4.69) is 0 Å². The maximum Gasteiger partial charge on any atom is 0.403 e. The Morgan fingerprint density at radius 1 is 1.38 bits per heavy atom. The number of rotatable bonds is 6. The Labute approximate surface area is 93.2 Å². The molecule has 3 nitrogen and oxygen atoms in total. The van der Waals surface area contributed by atoms with Gasteiger partial charge in [-0.1, -0.05) is 13.8 Å². The van der Waals surface area contributed by atoms with Gasteiger partial charge in [0.25, 0.3) is 0 Å². The summed E-state index contributed by atoms with van der Waals surface area (Å²) in [5, 5.41) is 8.49. The molecule has 0 saturated carbocycles. The highest BCUT2D eigenvalue weighted by molar-refractivity contribution is 5.71. The zero-order valence-corrected chi connectivity index (χ0v) is 9.71. The van der Waals surface area contributed by atoms with Crippen molar-refractivity contribution in [3.63, 3.8) is 0 Å². The molecule has 1 N–H and O–H groups in total. The number of carboxylic acid groups (broad SMARTS) is 1. The molecule has 0 rings (SSSR count). The van der Waals surface area contributed by atoms with Crippen molar-refractivity contribution in [2.45, 2.75) is 26.4 Å². The lowest BCUT2D eigenvalue weighted by Gasteiger charge is -2.23. The topological polar surface area (TPSA) is 40.5 Å². The lowest BCUT2D eigenvalue weighted by atomic mass is 10.1. The molecule has 0 aromatic rings. The summed E-state index contributed by atoms with van der Waals surface area (Å²) in [5.41, 5.74) is 0. The minimum Gasteiger partial charge on any atom is -0.481 e. The van der Waals surface area contributed by atoms with Crippen molar-refractivity contribution >= 4 is 5.97 Å². The van der Waals surface area contributed by atoms with Crippen LogP contribution in [0, 0.1) is 11.8 Å². The van der Waals surface area contributed by atoms with Gasteiger partial charge in [0, 0.05) is 6.54 Å². The van der Waals surface area contributed by atoms with E-state index in [9.17, 15) is 18.0 Å². The van der Waals surface area contributed by atoms with Crippen molar-refractivity contribution in [3.05, 3.63) is 0 Å². The van der Waals surface area contributed by atoms with E-state index >= 15 is 0 Å². The highest BCUT2D eigenvalue weighted by atomic mass is 19.4. The highest BCUT2D eigenvalue weighted by Crippen LogP contribution is 2.27. The Bertz CT molecular complexity index is 229. The van der Waals surface area contributed by atoms with Gasteiger partial charge in [0.05, 0.1) is 0 Å². The first-order valence-electron chi connectivity index (χ1n) is 5.12. The quantitative estimate of drug-likeness (QED) is 0.775. The highest BCUT2D eigenvalue weighted by Gasteiger charge is 2.45. The second-order valence-electron chi connectivity index (χ2n) is 4.38. The molecule has 96 valence electrons. The molecule has 0 aromatic carbocycles. The number of hydrogen-bond acceptors (Lipinski definition) is 2. The van der Waals surface area contributed by atoms with Gasteiger partial charge in [-0.15, -0.1) is 0 Å². The van der Waals surface area contributed by atoms with E-state index in [1.807, 2.05) is 13.8 Å². The first kappa shape index (κ1) is 15.2. The van der Waals surface area contributed by atoms with E-state index in [0.717, 1.165) is 6.42 Å². The first-order valence-corrected chi connectivity index (χ1v) is 5.12. The number of hydrogen-bond donors (Lipinski definition) is 1. The lowest BCUT2D eigenvalue weighted by molar-refractivity contribution is -0.196. The summed E-state index contributed by atoms with van der Waals surface area (Å²) < 4.78 is 37.0. The van der Waals surface area contributed by atoms with Crippen molar-refractivity contribution in [1.82, 2.24) is 4.90 Å². The van der Waals surface area contributed by atoms with E-state index < -0.39 is 24.6 Å². The standard InChI is InChI=1S/C10H18F3NO2/c1-7(2)4-5-14(3)6-8(9(15)16)10(11,12)13/h7-8H,4-6H2,1-3H3,(H,15,16). The summed E-state index contributed by atoms with van der Waals surface area (Å²) in [6.07, 6.45) is -3.93. The number of carbonyl (C=O) groups is 1. The molecule has 0 aliphatic carbocycles. The molecule has 0 aliphatic rings. The predicted octanol–water partition coefficient (Wildman–Crippen LogP) is 2.23. The van der Waals surface area contributed by atoms with Crippen molar-refractivity contribution in [1.29, 1.82) is 0 Å². The third-order valence-corrected chi connectivity index (χ3v) is 2.28. The third-order valence-electron chi connectivity index (χ3n) is 2.28. The van der Waals surface area contributed by atoms with Crippen molar-refractivity contribution in [2.75, 3.05) is 20.1 Å². The fraction of sp³-hybridized carbons (Fsp3) is 0.900. The summed E-state index contributed by atoms with van der Waals surface area (Å²) in [6.45, 7) is 3.90. The van der Waals surface area contributed by atoms with E-state index in [0.29, 0.717) is 12.5 Å². The van der Waals surface area contributed by atoms with Crippen LogP contribution in [0.2, 0.25) is 0 Å². The third kappa shape index (κ3) is 5.95. The molecular formula is C10H18F3NO2. The van der Waals surface area contributed by atoms with E-state index in [4.69, 9.17) is 5.11 Å². The summed E-state index contributed by atoms with van der Waals surface area (Å²) in [5.74, 6) is -3.73. The molecule has 0 spiro atoms. The van der Waals surface area contributed by atoms with Gasteiger partial charge in [0.1, 0.15) is 0 Å². The lowest BCUT2D eigenvalue weighted by Crippen LogP contribution is -2.40. The molecule has 0 amide bonds. The van der Waals surface area contributed by atoms with Crippen LogP contribution in [0.3, 0.4) is 0 Å². The molecule has 0 heterocycles. The van der Waals surface area contributed by atoms with Gasteiger partial charge in [-0.05, 0) is 25.9 Å². The minimum absolute atomic E-state index is 0.386. The molecule has 1 unspecified atom stereocenters. The normalized spacial score (nSPS) is 14.5.